The fourth-order valence-electron chi connectivity index (χ4n) is 3.30. The summed E-state index contributed by atoms with van der Waals surface area (Å²) in [5.74, 6) is -3.87. The number of aliphatic carboxylic acids is 1. The number of urea groups is 1. The molecule has 1 rings (SSSR count). The molecule has 13 nitrogen and oxygen atoms in total. The van der Waals surface area contributed by atoms with Gasteiger partial charge in [-0.3, -0.25) is 24.0 Å². The molecule has 0 aromatic heterocycles. The number of amides is 5. The lowest BCUT2D eigenvalue weighted by atomic mass is 10.0. The van der Waals surface area contributed by atoms with E-state index in [0.29, 0.717) is 17.7 Å². The van der Waals surface area contributed by atoms with Crippen LogP contribution in [0.2, 0.25) is 0 Å². The number of carboxylic acids is 1. The van der Waals surface area contributed by atoms with E-state index in [4.69, 9.17) is 23.4 Å². The average molecular weight is 531 g/mol. The first-order valence-electron chi connectivity index (χ1n) is 12.1. The van der Waals surface area contributed by atoms with Crippen molar-refractivity contribution in [3.63, 3.8) is 0 Å². The fourth-order valence-corrected chi connectivity index (χ4v) is 3.30. The molecule has 38 heavy (non-hydrogen) atoms. The second kappa shape index (κ2) is 16.6. The number of carbonyl (C=O) groups excluding carboxylic acids is 5. The van der Waals surface area contributed by atoms with Crippen LogP contribution in [-0.4, -0.2) is 67.2 Å². The average Bonchev–Trinajstić information content (AvgIpc) is 2.83. The standard InChI is InChI=1S/C24H34BN5O8/c1-14(2)20(30-18(31)6-3-7-19(32)33)22(35)29-17(5-4-12-27-24(26)37)21(34)28-16-10-8-15(9-11-16)13-38-23(25)36/h8-11,14,17,20H,3-7,12-13H2,1-2H3,(H,28,34)(H,29,35)(H,30,31)(H,32,33)(H3,26,27,37)/t17-,20?/m0/s1. The Morgan fingerprint density at radius 2 is 1.63 bits per heavy atom. The van der Waals surface area contributed by atoms with Gasteiger partial charge in [0.05, 0.1) is 0 Å². The van der Waals surface area contributed by atoms with Crippen LogP contribution in [-0.2, 0) is 30.5 Å². The molecule has 0 bridgehead atoms. The summed E-state index contributed by atoms with van der Waals surface area (Å²) in [6.07, 6.45) is 0.357. The van der Waals surface area contributed by atoms with Gasteiger partial charge in [-0.15, -0.1) is 0 Å². The third-order valence-corrected chi connectivity index (χ3v) is 5.26. The molecule has 0 aliphatic heterocycles. The van der Waals surface area contributed by atoms with Gasteiger partial charge in [0.1, 0.15) is 18.7 Å². The molecule has 7 N–H and O–H groups in total. The SMILES string of the molecule is [B]C(=O)OCc1ccc(NC(=O)[C@H](CCCNC(N)=O)NC(=O)C(NC(=O)CCCC(=O)O)C(C)C)cc1. The molecule has 206 valence electrons. The third-order valence-electron chi connectivity index (χ3n) is 5.26. The number of hydrogen-bond donors (Lipinski definition) is 6. The van der Waals surface area contributed by atoms with Crippen molar-refractivity contribution in [3.05, 3.63) is 29.8 Å². The largest absolute Gasteiger partial charge is 0.481 e. The summed E-state index contributed by atoms with van der Waals surface area (Å²) in [5.41, 5.74) is 6.12. The molecule has 2 atom stereocenters. The lowest BCUT2D eigenvalue weighted by molar-refractivity contribution is -0.137. The van der Waals surface area contributed by atoms with Crippen LogP contribution in [0.5, 0.6) is 0 Å². The summed E-state index contributed by atoms with van der Waals surface area (Å²) in [4.78, 5) is 70.7. The van der Waals surface area contributed by atoms with Gasteiger partial charge in [-0.1, -0.05) is 26.0 Å². The maximum atomic E-state index is 13.0. The minimum absolute atomic E-state index is 0.0340. The van der Waals surface area contributed by atoms with Gasteiger partial charge < -0.3 is 36.8 Å². The number of carboxylic acid groups (broad SMARTS) is 1. The molecule has 14 heteroatoms. The highest BCUT2D eigenvalue weighted by Crippen LogP contribution is 2.13. The highest BCUT2D eigenvalue weighted by Gasteiger charge is 2.28. The predicted octanol–water partition coefficient (Wildman–Crippen LogP) is 0.759. The van der Waals surface area contributed by atoms with Crippen molar-refractivity contribution < 1.29 is 38.6 Å². The number of carbonyl (C=O) groups is 6. The molecule has 0 spiro atoms. The van der Waals surface area contributed by atoms with Crippen molar-refractivity contribution in [1.29, 1.82) is 0 Å². The fraction of sp³-hybridized carbons (Fsp3) is 0.500. The minimum Gasteiger partial charge on any atom is -0.481 e. The van der Waals surface area contributed by atoms with Gasteiger partial charge in [0.2, 0.25) is 31.4 Å². The van der Waals surface area contributed by atoms with Gasteiger partial charge in [-0.2, -0.15) is 0 Å². The van der Waals surface area contributed by atoms with Crippen molar-refractivity contribution >= 4 is 49.1 Å². The Labute approximate surface area is 222 Å². The molecule has 1 aromatic carbocycles. The van der Waals surface area contributed by atoms with Crippen LogP contribution >= 0.6 is 0 Å². The molecule has 0 saturated heterocycles. The second-order valence-electron chi connectivity index (χ2n) is 8.82. The highest BCUT2D eigenvalue weighted by atomic mass is 16.5. The maximum absolute atomic E-state index is 13.0. The van der Waals surface area contributed by atoms with Gasteiger partial charge >= 0.3 is 12.0 Å². The van der Waals surface area contributed by atoms with Gasteiger partial charge in [-0.05, 0) is 42.9 Å². The van der Waals surface area contributed by atoms with E-state index >= 15 is 0 Å². The van der Waals surface area contributed by atoms with Gasteiger partial charge in [0.25, 0.3) is 0 Å². The summed E-state index contributed by atoms with van der Waals surface area (Å²) < 4.78 is 4.71. The van der Waals surface area contributed by atoms with Crippen LogP contribution < -0.4 is 27.0 Å². The highest BCUT2D eigenvalue weighted by molar-refractivity contribution is 6.55. The number of ether oxygens (including phenoxy) is 1. The second-order valence-corrected chi connectivity index (χ2v) is 8.82. The topological polar surface area (TPSA) is 206 Å². The summed E-state index contributed by atoms with van der Waals surface area (Å²) in [5, 5.41) is 19.1. The van der Waals surface area contributed by atoms with E-state index in [1.165, 1.54) is 0 Å². The molecule has 0 saturated carbocycles. The van der Waals surface area contributed by atoms with Crippen molar-refractivity contribution in [3.8, 4) is 0 Å². The summed E-state index contributed by atoms with van der Waals surface area (Å²) >= 11 is 0. The zero-order valence-corrected chi connectivity index (χ0v) is 21.5. The Balaban J connectivity index is 2.88. The van der Waals surface area contributed by atoms with E-state index in [1.807, 2.05) is 0 Å². The molecule has 1 unspecified atom stereocenters. The van der Waals surface area contributed by atoms with Crippen LogP contribution in [0, 0.1) is 5.92 Å². The quantitative estimate of drug-likeness (QED) is 0.132. The molecular weight excluding hydrogens is 497 g/mol. The summed E-state index contributed by atoms with van der Waals surface area (Å²) in [6.45, 7) is 3.58. The van der Waals surface area contributed by atoms with Crippen molar-refractivity contribution in [2.75, 3.05) is 11.9 Å². The smallest absolute Gasteiger partial charge is 0.312 e. The first-order chi connectivity index (χ1) is 17.9. The molecule has 2 radical (unpaired) electrons. The Morgan fingerprint density at radius 1 is 0.974 bits per heavy atom. The molecule has 0 aliphatic carbocycles. The van der Waals surface area contributed by atoms with E-state index in [0.717, 1.165) is 0 Å². The maximum Gasteiger partial charge on any atom is 0.312 e. The normalized spacial score (nSPS) is 12.1. The Morgan fingerprint density at radius 3 is 2.18 bits per heavy atom. The Kier molecular flexibility index (Phi) is 14.0. The number of rotatable bonds is 16. The zero-order valence-electron chi connectivity index (χ0n) is 21.5. The lowest BCUT2D eigenvalue weighted by Gasteiger charge is -2.25. The van der Waals surface area contributed by atoms with Gasteiger partial charge in [0.15, 0.2) is 0 Å². The van der Waals surface area contributed by atoms with Crippen LogP contribution in [0.3, 0.4) is 0 Å². The van der Waals surface area contributed by atoms with Crippen LogP contribution in [0.4, 0.5) is 15.3 Å². The lowest BCUT2D eigenvalue weighted by Crippen LogP contribution is -2.54. The van der Waals surface area contributed by atoms with E-state index in [2.05, 4.69) is 21.3 Å². The number of benzene rings is 1. The Hall–Kier alpha value is -4.10. The predicted molar refractivity (Wildman–Crippen MR) is 138 cm³/mol. The van der Waals surface area contributed by atoms with Crippen molar-refractivity contribution in [2.24, 2.45) is 11.7 Å². The first-order valence-corrected chi connectivity index (χ1v) is 12.1. The Bertz CT molecular complexity index is 987. The number of nitrogens with two attached hydrogens (primary N) is 1. The van der Waals surface area contributed by atoms with Crippen LogP contribution in [0.1, 0.15) is 51.5 Å². The van der Waals surface area contributed by atoms with Gasteiger partial charge in [0, 0.05) is 25.1 Å². The minimum atomic E-state index is -1.02. The zero-order chi connectivity index (χ0) is 28.7. The van der Waals surface area contributed by atoms with Gasteiger partial charge in [-0.25, -0.2) is 4.79 Å². The first kappa shape index (κ1) is 31.9. The molecular formula is C24H34BN5O8. The van der Waals surface area contributed by atoms with E-state index < -0.39 is 47.7 Å². The monoisotopic (exact) mass is 531 g/mol. The molecule has 0 heterocycles. The van der Waals surface area contributed by atoms with E-state index in [9.17, 15) is 28.8 Å². The summed E-state index contributed by atoms with van der Waals surface area (Å²) in [7, 11) is 4.95. The molecule has 1 aromatic rings. The van der Waals surface area contributed by atoms with E-state index in [-0.39, 0.29) is 44.8 Å². The molecule has 0 fully saturated rings. The molecule has 0 aliphatic rings. The number of anilines is 1. The number of hydrogen-bond acceptors (Lipinski definition) is 7. The molecule has 5 amide bonds. The number of nitrogens with one attached hydrogen (secondary N) is 4. The van der Waals surface area contributed by atoms with E-state index in [1.54, 1.807) is 38.1 Å². The summed E-state index contributed by atoms with van der Waals surface area (Å²) in [6, 6.07) is 3.71. The van der Waals surface area contributed by atoms with Crippen LogP contribution in [0.15, 0.2) is 24.3 Å². The third kappa shape index (κ3) is 13.3. The number of primary amides is 1. The van der Waals surface area contributed by atoms with Crippen molar-refractivity contribution in [1.82, 2.24) is 16.0 Å². The van der Waals surface area contributed by atoms with Crippen LogP contribution in [0.25, 0.3) is 0 Å². The van der Waals surface area contributed by atoms with Crippen molar-refractivity contribution in [2.45, 2.75) is 64.6 Å².